The summed E-state index contributed by atoms with van der Waals surface area (Å²) in [5.41, 5.74) is 7.83. The molecular formula is C17H27BrN2O. The van der Waals surface area contributed by atoms with Gasteiger partial charge in [0.2, 0.25) is 5.91 Å². The fourth-order valence-corrected chi connectivity index (χ4v) is 2.48. The van der Waals surface area contributed by atoms with Gasteiger partial charge in [-0.2, -0.15) is 0 Å². The molecule has 0 spiro atoms. The van der Waals surface area contributed by atoms with Crippen LogP contribution in [-0.2, 0) is 4.79 Å². The number of hydrogen-bond donors (Lipinski definition) is 2. The quantitative estimate of drug-likeness (QED) is 0.621. The highest BCUT2D eigenvalue weighted by molar-refractivity contribution is 9.10. The molecule has 21 heavy (non-hydrogen) atoms. The van der Waals surface area contributed by atoms with Gasteiger partial charge in [0.25, 0.3) is 0 Å². The Morgan fingerprint density at radius 3 is 1.76 bits per heavy atom. The van der Waals surface area contributed by atoms with Crippen LogP contribution in [0.2, 0.25) is 0 Å². The van der Waals surface area contributed by atoms with Crippen LogP contribution in [0.15, 0.2) is 0 Å². The van der Waals surface area contributed by atoms with Crippen LogP contribution in [0.1, 0.15) is 41.7 Å². The summed E-state index contributed by atoms with van der Waals surface area (Å²) in [6, 6.07) is 0. The van der Waals surface area contributed by atoms with Gasteiger partial charge in [-0.3, -0.25) is 4.79 Å². The van der Waals surface area contributed by atoms with E-state index < -0.39 is 4.32 Å². The molecule has 0 saturated carbocycles. The molecule has 0 radical (unpaired) electrons. The molecule has 1 amide bonds. The highest BCUT2D eigenvalue weighted by Gasteiger charge is 2.22. The maximum Gasteiger partial charge on any atom is 0.236 e. The molecule has 0 aromatic heterocycles. The highest BCUT2D eigenvalue weighted by Crippen LogP contribution is 2.29. The van der Waals surface area contributed by atoms with Gasteiger partial charge >= 0.3 is 0 Å². The van der Waals surface area contributed by atoms with Crippen molar-refractivity contribution in [3.8, 4) is 0 Å². The van der Waals surface area contributed by atoms with Crippen molar-refractivity contribution < 1.29 is 4.79 Å². The number of benzene rings is 1. The number of halogens is 1. The van der Waals surface area contributed by atoms with Crippen LogP contribution in [-0.4, -0.2) is 23.3 Å². The molecular weight excluding hydrogens is 328 g/mol. The minimum Gasteiger partial charge on any atom is -0.383 e. The number of carbonyl (C=O) groups is 1. The number of anilines is 1. The molecule has 0 atom stereocenters. The first kappa shape index (κ1) is 18.0. The average molecular weight is 355 g/mol. The van der Waals surface area contributed by atoms with Gasteiger partial charge in [0, 0.05) is 18.8 Å². The van der Waals surface area contributed by atoms with Gasteiger partial charge in [-0.25, -0.2) is 0 Å². The molecule has 0 unspecified atom stereocenters. The average Bonchev–Trinajstić information content (AvgIpc) is 2.40. The largest absolute Gasteiger partial charge is 0.383 e. The summed E-state index contributed by atoms with van der Waals surface area (Å²) in [6.45, 7) is 15.8. The second-order valence-corrected chi connectivity index (χ2v) is 8.14. The summed E-state index contributed by atoms with van der Waals surface area (Å²) in [7, 11) is 0. The lowest BCUT2D eigenvalue weighted by molar-refractivity contribution is -0.122. The summed E-state index contributed by atoms with van der Waals surface area (Å²) in [5.74, 6) is 0.00834. The zero-order valence-electron chi connectivity index (χ0n) is 14.2. The predicted molar refractivity (Wildman–Crippen MR) is 94.6 cm³/mol. The van der Waals surface area contributed by atoms with Crippen LogP contribution in [0.3, 0.4) is 0 Å². The van der Waals surface area contributed by atoms with Gasteiger partial charge < -0.3 is 10.6 Å². The molecule has 0 heterocycles. The number of hydrogen-bond acceptors (Lipinski definition) is 2. The zero-order valence-corrected chi connectivity index (χ0v) is 15.8. The standard InChI is InChI=1S/C17H27BrN2O/c1-10-11(2)13(4)15(14(5)12(10)3)19-8-9-20-16(21)17(6,7)18/h19H,8-9H2,1-7H3,(H,20,21). The Labute approximate surface area is 137 Å². The summed E-state index contributed by atoms with van der Waals surface area (Å²) in [5, 5.41) is 6.39. The molecule has 0 fully saturated rings. The fourth-order valence-electron chi connectivity index (χ4n) is 2.34. The first-order chi connectivity index (χ1) is 9.57. The van der Waals surface area contributed by atoms with E-state index >= 15 is 0 Å². The monoisotopic (exact) mass is 354 g/mol. The number of carbonyl (C=O) groups excluding carboxylic acids is 1. The smallest absolute Gasteiger partial charge is 0.236 e. The lowest BCUT2D eigenvalue weighted by atomic mass is 9.93. The number of nitrogens with one attached hydrogen (secondary N) is 2. The third kappa shape index (κ3) is 4.22. The van der Waals surface area contributed by atoms with Crippen molar-refractivity contribution in [2.45, 2.75) is 52.8 Å². The van der Waals surface area contributed by atoms with Crippen LogP contribution in [0.25, 0.3) is 0 Å². The van der Waals surface area contributed by atoms with E-state index in [4.69, 9.17) is 0 Å². The second-order valence-electron chi connectivity index (χ2n) is 6.16. The van der Waals surface area contributed by atoms with E-state index in [-0.39, 0.29) is 5.91 Å². The maximum atomic E-state index is 11.8. The van der Waals surface area contributed by atoms with Crippen molar-refractivity contribution >= 4 is 27.5 Å². The summed E-state index contributed by atoms with van der Waals surface area (Å²) in [4.78, 5) is 11.8. The number of rotatable bonds is 5. The summed E-state index contributed by atoms with van der Waals surface area (Å²) in [6.07, 6.45) is 0. The molecule has 118 valence electrons. The topological polar surface area (TPSA) is 41.1 Å². The van der Waals surface area contributed by atoms with Crippen molar-refractivity contribution in [2.75, 3.05) is 18.4 Å². The van der Waals surface area contributed by atoms with Crippen molar-refractivity contribution in [3.05, 3.63) is 27.8 Å². The summed E-state index contributed by atoms with van der Waals surface area (Å²) < 4.78 is -0.518. The molecule has 4 heteroatoms. The van der Waals surface area contributed by atoms with Gasteiger partial charge in [-0.15, -0.1) is 0 Å². The predicted octanol–water partition coefficient (Wildman–Crippen LogP) is 3.93. The fraction of sp³-hybridized carbons (Fsp3) is 0.588. The maximum absolute atomic E-state index is 11.8. The lowest BCUT2D eigenvalue weighted by Crippen LogP contribution is -2.39. The molecule has 0 aliphatic carbocycles. The van der Waals surface area contributed by atoms with Gasteiger partial charge in [0.15, 0.2) is 0 Å². The first-order valence-electron chi connectivity index (χ1n) is 7.35. The lowest BCUT2D eigenvalue weighted by Gasteiger charge is -2.21. The van der Waals surface area contributed by atoms with Crippen LogP contribution >= 0.6 is 15.9 Å². The van der Waals surface area contributed by atoms with Crippen molar-refractivity contribution in [2.24, 2.45) is 0 Å². The van der Waals surface area contributed by atoms with E-state index in [1.807, 2.05) is 13.8 Å². The van der Waals surface area contributed by atoms with E-state index in [1.165, 1.54) is 33.5 Å². The van der Waals surface area contributed by atoms with Gasteiger partial charge in [0.1, 0.15) is 0 Å². The van der Waals surface area contributed by atoms with Crippen LogP contribution in [0.4, 0.5) is 5.69 Å². The normalized spacial score (nSPS) is 11.4. The van der Waals surface area contributed by atoms with Crippen LogP contribution < -0.4 is 10.6 Å². The molecule has 1 aromatic rings. The van der Waals surface area contributed by atoms with Crippen molar-refractivity contribution in [1.29, 1.82) is 0 Å². The Bertz CT molecular complexity index is 516. The third-order valence-electron chi connectivity index (χ3n) is 4.25. The molecule has 0 aliphatic rings. The van der Waals surface area contributed by atoms with E-state index in [2.05, 4.69) is 61.2 Å². The Hall–Kier alpha value is -1.03. The number of amides is 1. The SMILES string of the molecule is Cc1c(C)c(C)c(NCCNC(=O)C(C)(C)Br)c(C)c1C. The van der Waals surface area contributed by atoms with Crippen molar-refractivity contribution in [3.63, 3.8) is 0 Å². The zero-order chi connectivity index (χ0) is 16.4. The minimum absolute atomic E-state index is 0.00834. The van der Waals surface area contributed by atoms with E-state index in [9.17, 15) is 4.79 Å². The second kappa shape index (κ2) is 6.82. The molecule has 0 aliphatic heterocycles. The van der Waals surface area contributed by atoms with Gasteiger partial charge in [0.05, 0.1) is 4.32 Å². The molecule has 0 bridgehead atoms. The van der Waals surface area contributed by atoms with E-state index in [1.54, 1.807) is 0 Å². The van der Waals surface area contributed by atoms with Crippen LogP contribution in [0.5, 0.6) is 0 Å². The molecule has 3 nitrogen and oxygen atoms in total. The van der Waals surface area contributed by atoms with E-state index in [0.717, 1.165) is 6.54 Å². The first-order valence-corrected chi connectivity index (χ1v) is 8.14. The highest BCUT2D eigenvalue weighted by atomic mass is 79.9. The third-order valence-corrected chi connectivity index (χ3v) is 4.61. The van der Waals surface area contributed by atoms with Gasteiger partial charge in [-0.1, -0.05) is 15.9 Å². The molecule has 0 saturated heterocycles. The molecule has 1 aromatic carbocycles. The summed E-state index contributed by atoms with van der Waals surface area (Å²) >= 11 is 3.36. The molecule has 1 rings (SSSR count). The van der Waals surface area contributed by atoms with Crippen molar-refractivity contribution in [1.82, 2.24) is 5.32 Å². The number of alkyl halides is 1. The van der Waals surface area contributed by atoms with Gasteiger partial charge in [-0.05, 0) is 76.3 Å². The van der Waals surface area contributed by atoms with E-state index in [0.29, 0.717) is 6.54 Å². The Kier molecular flexibility index (Phi) is 5.85. The Morgan fingerprint density at radius 2 is 1.33 bits per heavy atom. The molecule has 2 N–H and O–H groups in total. The minimum atomic E-state index is -0.518. The Morgan fingerprint density at radius 1 is 0.905 bits per heavy atom. The Balaban J connectivity index is 2.72. The van der Waals surface area contributed by atoms with Crippen LogP contribution in [0, 0.1) is 34.6 Å².